The first-order valence-corrected chi connectivity index (χ1v) is 11.3. The Labute approximate surface area is 174 Å². The fourth-order valence-corrected chi connectivity index (χ4v) is 6.37. The molecule has 0 aliphatic carbocycles. The average Bonchev–Trinajstić information content (AvgIpc) is 2.63. The first-order valence-electron chi connectivity index (χ1n) is 8.02. The van der Waals surface area contributed by atoms with Crippen LogP contribution >= 0.6 is 31.9 Å². The Morgan fingerprint density at radius 3 is 2.48 bits per heavy atom. The lowest BCUT2D eigenvalue weighted by Gasteiger charge is -2.13. The summed E-state index contributed by atoms with van der Waals surface area (Å²) in [5.74, 6) is -0.760. The minimum Gasteiger partial charge on any atom is -0.465 e. The Hall–Kier alpha value is -1.70. The number of sulfone groups is 1. The van der Waals surface area contributed by atoms with Gasteiger partial charge in [-0.25, -0.2) is 13.2 Å². The Balaban J connectivity index is 2.08. The molecule has 0 fully saturated rings. The van der Waals surface area contributed by atoms with E-state index < -0.39 is 15.8 Å². The summed E-state index contributed by atoms with van der Waals surface area (Å²) in [6, 6.07) is 14.4. The minimum atomic E-state index is -3.70. The number of carbonyl (C=O) groups is 1. The molecule has 0 aliphatic heterocycles. The van der Waals surface area contributed by atoms with Crippen LogP contribution in [-0.4, -0.2) is 21.5 Å². The molecule has 0 saturated carbocycles. The maximum Gasteiger partial charge on any atom is 0.338 e. The number of aryl methyl sites for hydroxylation is 1. The van der Waals surface area contributed by atoms with E-state index in [9.17, 15) is 13.2 Å². The summed E-state index contributed by atoms with van der Waals surface area (Å²) in [7, 11) is -2.43. The molecule has 3 aromatic rings. The van der Waals surface area contributed by atoms with Gasteiger partial charge in [-0.1, -0.05) is 36.4 Å². The van der Waals surface area contributed by atoms with Gasteiger partial charge in [-0.3, -0.25) is 0 Å². The first-order chi connectivity index (χ1) is 12.7. The van der Waals surface area contributed by atoms with E-state index in [2.05, 4.69) is 31.9 Å². The van der Waals surface area contributed by atoms with Gasteiger partial charge in [-0.05, 0) is 72.8 Å². The molecule has 7 heteroatoms. The van der Waals surface area contributed by atoms with E-state index in [1.165, 1.54) is 13.2 Å². The molecule has 3 aromatic carbocycles. The third-order valence-electron chi connectivity index (χ3n) is 4.31. The monoisotopic (exact) mass is 510 g/mol. The fraction of sp³-hybridized carbons (Fsp3) is 0.150. The lowest BCUT2D eigenvalue weighted by atomic mass is 10.1. The number of ether oxygens (including phenoxy) is 1. The molecule has 0 unspecified atom stereocenters. The smallest absolute Gasteiger partial charge is 0.338 e. The second-order valence-electron chi connectivity index (χ2n) is 6.11. The number of benzene rings is 3. The van der Waals surface area contributed by atoms with E-state index in [1.54, 1.807) is 19.1 Å². The van der Waals surface area contributed by atoms with E-state index >= 15 is 0 Å². The fourth-order valence-electron chi connectivity index (χ4n) is 2.89. The van der Waals surface area contributed by atoms with E-state index in [0.717, 1.165) is 15.2 Å². The lowest BCUT2D eigenvalue weighted by molar-refractivity contribution is 0.0599. The standard InChI is InChI=1S/C20H16Br2O4S/c1-12-9-17(21)18(10-16(12)20(23)26-2)27(24,25)11-14-8-7-13-5-3-4-6-15(13)19(14)22/h3-10H,11H2,1-2H3. The van der Waals surface area contributed by atoms with Crippen LogP contribution in [0.5, 0.6) is 0 Å². The van der Waals surface area contributed by atoms with Crippen LogP contribution in [0.1, 0.15) is 21.5 Å². The number of hydrogen-bond acceptors (Lipinski definition) is 4. The van der Waals surface area contributed by atoms with Crippen molar-refractivity contribution in [1.29, 1.82) is 0 Å². The molecular formula is C20H16Br2O4S. The van der Waals surface area contributed by atoms with Crippen LogP contribution in [0.25, 0.3) is 10.8 Å². The molecule has 140 valence electrons. The van der Waals surface area contributed by atoms with Crippen molar-refractivity contribution in [1.82, 2.24) is 0 Å². The highest BCUT2D eigenvalue weighted by molar-refractivity contribution is 9.11. The molecule has 0 saturated heterocycles. The second kappa shape index (κ2) is 7.73. The summed E-state index contributed by atoms with van der Waals surface area (Å²) in [6.45, 7) is 1.73. The van der Waals surface area contributed by atoms with Crippen molar-refractivity contribution in [3.05, 3.63) is 74.2 Å². The van der Waals surface area contributed by atoms with Crippen LogP contribution in [0.4, 0.5) is 0 Å². The first kappa shape index (κ1) is 20.0. The van der Waals surface area contributed by atoms with E-state index in [-0.39, 0.29) is 16.2 Å². The Bertz CT molecular complexity index is 1150. The second-order valence-corrected chi connectivity index (χ2v) is 9.71. The van der Waals surface area contributed by atoms with Crippen LogP contribution < -0.4 is 0 Å². The topological polar surface area (TPSA) is 60.4 Å². The predicted molar refractivity (Wildman–Crippen MR) is 113 cm³/mol. The van der Waals surface area contributed by atoms with Gasteiger partial charge in [0.15, 0.2) is 9.84 Å². The molecule has 0 amide bonds. The zero-order valence-corrected chi connectivity index (χ0v) is 18.6. The number of rotatable bonds is 4. The van der Waals surface area contributed by atoms with E-state index in [1.807, 2.05) is 30.3 Å². The zero-order valence-electron chi connectivity index (χ0n) is 14.6. The molecule has 0 aromatic heterocycles. The van der Waals surface area contributed by atoms with Crippen molar-refractivity contribution < 1.29 is 17.9 Å². The number of carbonyl (C=O) groups excluding carboxylic acids is 1. The number of methoxy groups -OCH3 is 1. The Morgan fingerprint density at radius 2 is 1.78 bits per heavy atom. The minimum absolute atomic E-state index is 0.0635. The summed E-state index contributed by atoms with van der Waals surface area (Å²) in [6.07, 6.45) is 0. The molecule has 0 aliphatic rings. The molecule has 4 nitrogen and oxygen atoms in total. The van der Waals surface area contributed by atoms with Gasteiger partial charge in [-0.2, -0.15) is 0 Å². The maximum absolute atomic E-state index is 13.1. The molecule has 0 atom stereocenters. The van der Waals surface area contributed by atoms with Crippen molar-refractivity contribution >= 4 is 58.4 Å². The highest BCUT2D eigenvalue weighted by atomic mass is 79.9. The zero-order chi connectivity index (χ0) is 19.8. The van der Waals surface area contributed by atoms with Gasteiger partial charge in [-0.15, -0.1) is 0 Å². The SMILES string of the molecule is COC(=O)c1cc(S(=O)(=O)Cc2ccc3ccccc3c2Br)c(Br)cc1C. The highest BCUT2D eigenvalue weighted by Crippen LogP contribution is 2.33. The number of fused-ring (bicyclic) bond motifs is 1. The van der Waals surface area contributed by atoms with E-state index in [4.69, 9.17) is 4.74 Å². The summed E-state index contributed by atoms with van der Waals surface area (Å²) in [4.78, 5) is 12.0. The van der Waals surface area contributed by atoms with Gasteiger partial charge in [0.1, 0.15) is 0 Å². The molecule has 0 heterocycles. The average molecular weight is 512 g/mol. The van der Waals surface area contributed by atoms with Crippen LogP contribution in [0.15, 0.2) is 62.4 Å². The van der Waals surface area contributed by atoms with Crippen molar-refractivity contribution in [3.8, 4) is 0 Å². The van der Waals surface area contributed by atoms with Gasteiger partial charge >= 0.3 is 5.97 Å². The van der Waals surface area contributed by atoms with Gasteiger partial charge in [0.2, 0.25) is 0 Å². The van der Waals surface area contributed by atoms with Crippen molar-refractivity contribution in [2.24, 2.45) is 0 Å². The third-order valence-corrected chi connectivity index (χ3v) is 7.86. The molecule has 0 spiro atoms. The summed E-state index contributed by atoms with van der Waals surface area (Å²) >= 11 is 6.85. The van der Waals surface area contributed by atoms with Crippen molar-refractivity contribution in [2.45, 2.75) is 17.6 Å². The predicted octanol–water partition coefficient (Wildman–Crippen LogP) is 5.43. The van der Waals surface area contributed by atoms with Crippen LogP contribution in [0.3, 0.4) is 0 Å². The summed E-state index contributed by atoms with van der Waals surface area (Å²) in [5.41, 5.74) is 1.53. The largest absolute Gasteiger partial charge is 0.465 e. The Kier molecular flexibility index (Phi) is 5.74. The summed E-state index contributed by atoms with van der Waals surface area (Å²) < 4.78 is 32.1. The normalized spacial score (nSPS) is 11.6. The van der Waals surface area contributed by atoms with Gasteiger partial charge < -0.3 is 4.74 Å². The number of hydrogen-bond donors (Lipinski definition) is 0. The van der Waals surface area contributed by atoms with Crippen LogP contribution in [0.2, 0.25) is 0 Å². The highest BCUT2D eigenvalue weighted by Gasteiger charge is 2.23. The maximum atomic E-state index is 13.1. The quantitative estimate of drug-likeness (QED) is 0.438. The molecule has 0 radical (unpaired) electrons. The van der Waals surface area contributed by atoms with Crippen molar-refractivity contribution in [2.75, 3.05) is 7.11 Å². The van der Waals surface area contributed by atoms with Crippen LogP contribution in [0, 0.1) is 6.92 Å². The molecule has 0 N–H and O–H groups in total. The van der Waals surface area contributed by atoms with Gasteiger partial charge in [0, 0.05) is 8.95 Å². The molecule has 3 rings (SSSR count). The number of halogens is 2. The van der Waals surface area contributed by atoms with Gasteiger partial charge in [0.25, 0.3) is 0 Å². The summed E-state index contributed by atoms with van der Waals surface area (Å²) in [5, 5.41) is 1.97. The molecular weight excluding hydrogens is 496 g/mol. The van der Waals surface area contributed by atoms with Gasteiger partial charge in [0.05, 0.1) is 23.3 Å². The third kappa shape index (κ3) is 3.95. The lowest BCUT2D eigenvalue weighted by Crippen LogP contribution is -2.10. The Morgan fingerprint density at radius 1 is 1.07 bits per heavy atom. The molecule has 27 heavy (non-hydrogen) atoms. The van der Waals surface area contributed by atoms with Crippen molar-refractivity contribution in [3.63, 3.8) is 0 Å². The molecule has 0 bridgehead atoms. The van der Waals surface area contributed by atoms with E-state index in [0.29, 0.717) is 15.6 Å². The number of esters is 1. The van der Waals surface area contributed by atoms with Crippen LogP contribution in [-0.2, 0) is 20.3 Å².